The second-order valence-electron chi connectivity index (χ2n) is 12.7. The highest BCUT2D eigenvalue weighted by molar-refractivity contribution is 5.09. The van der Waals surface area contributed by atoms with Crippen LogP contribution in [0.25, 0.3) is 0 Å². The lowest BCUT2D eigenvalue weighted by Gasteiger charge is -2.61. The molecule has 0 radical (unpaired) electrons. The van der Waals surface area contributed by atoms with Crippen molar-refractivity contribution in [3.05, 3.63) is 0 Å². The highest BCUT2D eigenvalue weighted by atomic mass is 14.6. The van der Waals surface area contributed by atoms with Crippen LogP contribution in [0.3, 0.4) is 0 Å². The minimum atomic E-state index is 0.684. The Hall–Kier alpha value is 0. The van der Waals surface area contributed by atoms with Crippen molar-refractivity contribution < 1.29 is 0 Å². The number of hydrogen-bond donors (Lipinski definition) is 0. The van der Waals surface area contributed by atoms with Crippen molar-refractivity contribution in [2.75, 3.05) is 0 Å². The van der Waals surface area contributed by atoms with Crippen molar-refractivity contribution in [2.24, 2.45) is 46.3 Å². The molecule has 0 saturated heterocycles. The number of rotatable bonds is 6. The Morgan fingerprint density at radius 2 is 1.18 bits per heavy atom. The highest BCUT2D eigenvalue weighted by Crippen LogP contribution is 2.68. The fourth-order valence-corrected chi connectivity index (χ4v) is 9.36. The van der Waals surface area contributed by atoms with Crippen LogP contribution in [0.2, 0.25) is 0 Å². The maximum atomic E-state index is 2.75. The summed E-state index contributed by atoms with van der Waals surface area (Å²) in [7, 11) is 0. The van der Waals surface area contributed by atoms with Gasteiger partial charge in [0.1, 0.15) is 0 Å². The molecule has 0 nitrogen and oxygen atoms in total. The molecule has 0 amide bonds. The average Bonchev–Trinajstić information content (AvgIpc) is 3.33. The fraction of sp³-hybridized carbons (Fsp3) is 1.00. The van der Waals surface area contributed by atoms with Gasteiger partial charge >= 0.3 is 0 Å². The Bertz CT molecular complexity index is 508. The van der Waals surface area contributed by atoms with Gasteiger partial charge in [-0.15, -0.1) is 0 Å². The van der Waals surface area contributed by atoms with Crippen LogP contribution in [0.1, 0.15) is 200 Å². The van der Waals surface area contributed by atoms with E-state index in [-0.39, 0.29) is 0 Å². The van der Waals surface area contributed by atoms with E-state index in [4.69, 9.17) is 0 Å². The minimum Gasteiger partial charge on any atom is -0.0683 e. The topological polar surface area (TPSA) is 0 Å². The van der Waals surface area contributed by atoms with Gasteiger partial charge in [0.2, 0.25) is 0 Å². The second kappa shape index (κ2) is 22.7. The zero-order valence-corrected chi connectivity index (χ0v) is 29.8. The van der Waals surface area contributed by atoms with Crippen LogP contribution in [0.5, 0.6) is 0 Å². The van der Waals surface area contributed by atoms with Gasteiger partial charge in [0.25, 0.3) is 0 Å². The maximum Gasteiger partial charge on any atom is -0.0264 e. The summed E-state index contributed by atoms with van der Waals surface area (Å²) in [6, 6.07) is 0. The fourth-order valence-electron chi connectivity index (χ4n) is 9.36. The molecule has 4 rings (SSSR count). The van der Waals surface area contributed by atoms with Gasteiger partial charge in [-0.3, -0.25) is 0 Å². The van der Waals surface area contributed by atoms with Crippen LogP contribution in [-0.2, 0) is 0 Å². The molecule has 4 saturated carbocycles. The van der Waals surface area contributed by atoms with Gasteiger partial charge in [0.15, 0.2) is 0 Å². The van der Waals surface area contributed by atoms with E-state index < -0.39 is 0 Å². The molecule has 4 fully saturated rings. The Morgan fingerprint density at radius 3 is 1.76 bits per heavy atom. The van der Waals surface area contributed by atoms with Crippen LogP contribution in [0.15, 0.2) is 0 Å². The molecule has 8 unspecified atom stereocenters. The molecule has 0 bridgehead atoms. The third-order valence-electron chi connectivity index (χ3n) is 10.9. The molecule has 38 heavy (non-hydrogen) atoms. The van der Waals surface area contributed by atoms with Crippen molar-refractivity contribution in [1.82, 2.24) is 0 Å². The van der Waals surface area contributed by atoms with E-state index in [9.17, 15) is 0 Å². The summed E-state index contributed by atoms with van der Waals surface area (Å²) < 4.78 is 0. The molecule has 0 spiro atoms. The summed E-state index contributed by atoms with van der Waals surface area (Å²) in [5.41, 5.74) is 1.40. The van der Waals surface area contributed by atoms with Crippen molar-refractivity contribution in [3.63, 3.8) is 0 Å². The molecule has 4 aliphatic carbocycles. The first kappa shape index (κ1) is 40.1. The first-order chi connectivity index (χ1) is 18.4. The summed E-state index contributed by atoms with van der Waals surface area (Å²) in [4.78, 5) is 0. The molecule has 0 aromatic rings. The molecule has 0 aromatic carbocycles. The Balaban J connectivity index is 0. The summed E-state index contributed by atoms with van der Waals surface area (Å²) in [6.07, 6.45) is 24.1. The summed E-state index contributed by atoms with van der Waals surface area (Å²) in [6.45, 7) is 30.7. The van der Waals surface area contributed by atoms with Crippen molar-refractivity contribution in [1.29, 1.82) is 0 Å². The normalized spacial score (nSPS) is 35.1. The quantitative estimate of drug-likeness (QED) is 0.296. The molecule has 0 aliphatic heterocycles. The first-order valence-electron chi connectivity index (χ1n) is 18.4. The second-order valence-corrected chi connectivity index (χ2v) is 12.7. The lowest BCUT2D eigenvalue weighted by atomic mass is 9.44. The van der Waals surface area contributed by atoms with Gasteiger partial charge in [-0.1, -0.05) is 148 Å². The number of fused-ring (bicyclic) bond motifs is 5. The Labute approximate surface area is 245 Å². The van der Waals surface area contributed by atoms with E-state index in [0.717, 1.165) is 35.5 Å². The predicted octanol–water partition coefficient (Wildman–Crippen LogP) is 14.2. The van der Waals surface area contributed by atoms with Crippen molar-refractivity contribution in [2.45, 2.75) is 200 Å². The van der Waals surface area contributed by atoms with Crippen LogP contribution in [-0.4, -0.2) is 0 Å². The van der Waals surface area contributed by atoms with E-state index in [1.165, 1.54) is 51.4 Å². The smallest absolute Gasteiger partial charge is 0.0264 e. The van der Waals surface area contributed by atoms with E-state index >= 15 is 0 Å². The van der Waals surface area contributed by atoms with Crippen molar-refractivity contribution in [3.8, 4) is 0 Å². The van der Waals surface area contributed by atoms with Gasteiger partial charge in [0, 0.05) is 0 Å². The molecular formula is C38H80. The zero-order valence-electron chi connectivity index (χ0n) is 29.8. The molecule has 0 aromatic heterocycles. The first-order valence-corrected chi connectivity index (χ1v) is 18.4. The predicted molar refractivity (Wildman–Crippen MR) is 179 cm³/mol. The number of hydrogen-bond acceptors (Lipinski definition) is 0. The molecule has 0 heterocycles. The largest absolute Gasteiger partial charge is 0.0683 e. The molecule has 8 atom stereocenters. The van der Waals surface area contributed by atoms with Gasteiger partial charge in [-0.25, -0.2) is 0 Å². The third kappa shape index (κ3) is 10.1. The number of unbranched alkanes of at least 4 members (excludes halogenated alkanes) is 3. The molecular weight excluding hydrogens is 456 g/mol. The van der Waals surface area contributed by atoms with E-state index in [0.29, 0.717) is 10.8 Å². The minimum absolute atomic E-state index is 0.684. The summed E-state index contributed by atoms with van der Waals surface area (Å²) >= 11 is 0. The van der Waals surface area contributed by atoms with Crippen molar-refractivity contribution >= 4 is 0 Å². The lowest BCUT2D eigenvalue weighted by molar-refractivity contribution is -0.114. The Morgan fingerprint density at radius 1 is 0.605 bits per heavy atom. The Kier molecular flexibility index (Phi) is 23.9. The van der Waals surface area contributed by atoms with E-state index in [1.54, 1.807) is 51.4 Å². The molecule has 4 aliphatic rings. The standard InChI is InChI=1S/C27H48.C3H8.4C2H6/c1-5-6-7-8-11-20(2)23-15-16-24-22-14-13-21-12-9-10-18-26(21,3)25(22)17-19-27(23,24)4;1-3-2;4*1-2/h20-25H,5-19H2,1-4H3;3H2,1-2H3;4*1-2H3. The summed E-state index contributed by atoms with van der Waals surface area (Å²) in [5, 5.41) is 0. The van der Waals surface area contributed by atoms with Crippen LogP contribution < -0.4 is 0 Å². The lowest BCUT2D eigenvalue weighted by Crippen LogP contribution is -2.53. The highest BCUT2D eigenvalue weighted by Gasteiger charge is 2.59. The van der Waals surface area contributed by atoms with E-state index in [1.807, 2.05) is 55.4 Å². The molecule has 232 valence electrons. The maximum absolute atomic E-state index is 2.75. The van der Waals surface area contributed by atoms with Crippen LogP contribution in [0.4, 0.5) is 0 Å². The SMILES string of the molecule is CC.CC.CC.CC.CCC.CCCCCCC(C)C1CCC2C3CCC4CCCCC4(C)C3CCC12C. The van der Waals surface area contributed by atoms with Gasteiger partial charge < -0.3 is 0 Å². The van der Waals surface area contributed by atoms with E-state index in [2.05, 4.69) is 41.5 Å². The van der Waals surface area contributed by atoms with Gasteiger partial charge in [-0.05, 0) is 97.7 Å². The van der Waals surface area contributed by atoms with Crippen LogP contribution >= 0.6 is 0 Å². The van der Waals surface area contributed by atoms with Gasteiger partial charge in [0.05, 0.1) is 0 Å². The average molecular weight is 537 g/mol. The molecule has 0 heteroatoms. The summed E-state index contributed by atoms with van der Waals surface area (Å²) in [5.74, 6) is 6.30. The third-order valence-corrected chi connectivity index (χ3v) is 10.9. The zero-order chi connectivity index (χ0) is 29.8. The van der Waals surface area contributed by atoms with Gasteiger partial charge in [-0.2, -0.15) is 0 Å². The van der Waals surface area contributed by atoms with Crippen LogP contribution in [0, 0.1) is 46.3 Å². The molecule has 0 N–H and O–H groups in total. The monoisotopic (exact) mass is 537 g/mol.